The Morgan fingerprint density at radius 3 is 2.50 bits per heavy atom. The Morgan fingerprint density at radius 2 is 1.76 bits per heavy atom. The summed E-state index contributed by atoms with van der Waals surface area (Å²) in [6.45, 7) is 2.45. The maximum Gasteiger partial charge on any atom is 0.293 e. The summed E-state index contributed by atoms with van der Waals surface area (Å²) in [7, 11) is 1.54. The van der Waals surface area contributed by atoms with E-state index in [1.165, 1.54) is 12.0 Å². The highest BCUT2D eigenvalue weighted by Gasteiger charge is 2.35. The lowest BCUT2D eigenvalue weighted by atomic mass is 10.1. The zero-order valence-electron chi connectivity index (χ0n) is 18.5. The number of rotatable bonds is 7. The van der Waals surface area contributed by atoms with Gasteiger partial charge in [0, 0.05) is 15.6 Å². The molecule has 0 aliphatic carbocycles. The summed E-state index contributed by atoms with van der Waals surface area (Å²) in [5, 5.41) is 0.787. The second kappa shape index (κ2) is 10.6. The second-order valence-corrected chi connectivity index (χ2v) is 9.47. The Balaban J connectivity index is 1.50. The van der Waals surface area contributed by atoms with E-state index in [9.17, 15) is 9.59 Å². The van der Waals surface area contributed by atoms with Crippen molar-refractivity contribution in [1.82, 2.24) is 4.90 Å². The minimum Gasteiger partial charge on any atom is -0.493 e. The molecule has 1 aliphatic rings. The standard InChI is InChI=1S/C26H21Cl2NO4S/c1-16-5-3-4-6-18(16)14-29-25(30)24(34-26(29)31)12-17-7-10-22(23(11-17)32-2)33-15-19-8-9-20(27)13-21(19)28/h3-13H,14-15H2,1-2H3/b24-12-. The van der Waals surface area contributed by atoms with Crippen LogP contribution in [0.25, 0.3) is 6.08 Å². The molecular formula is C26H21Cl2NO4S. The van der Waals surface area contributed by atoms with Crippen LogP contribution in [0.2, 0.25) is 10.0 Å². The molecule has 1 saturated heterocycles. The van der Waals surface area contributed by atoms with Gasteiger partial charge in [0.25, 0.3) is 11.1 Å². The van der Waals surface area contributed by atoms with Crippen LogP contribution in [-0.2, 0) is 17.9 Å². The zero-order chi connectivity index (χ0) is 24.2. The van der Waals surface area contributed by atoms with Gasteiger partial charge < -0.3 is 9.47 Å². The second-order valence-electron chi connectivity index (χ2n) is 7.63. The summed E-state index contributed by atoms with van der Waals surface area (Å²) in [6.07, 6.45) is 1.69. The van der Waals surface area contributed by atoms with E-state index in [4.69, 9.17) is 32.7 Å². The van der Waals surface area contributed by atoms with E-state index < -0.39 is 0 Å². The third-order valence-electron chi connectivity index (χ3n) is 5.35. The summed E-state index contributed by atoms with van der Waals surface area (Å²) in [5.74, 6) is 0.714. The van der Waals surface area contributed by atoms with Gasteiger partial charge in [0.15, 0.2) is 11.5 Å². The highest BCUT2D eigenvalue weighted by molar-refractivity contribution is 8.18. The molecule has 1 fully saturated rings. The normalized spacial score (nSPS) is 14.7. The summed E-state index contributed by atoms with van der Waals surface area (Å²) in [5.41, 5.74) is 3.48. The summed E-state index contributed by atoms with van der Waals surface area (Å²) in [6, 6.07) is 18.2. The number of methoxy groups -OCH3 is 1. The van der Waals surface area contributed by atoms with Crippen LogP contribution >= 0.6 is 35.0 Å². The molecule has 0 radical (unpaired) electrons. The van der Waals surface area contributed by atoms with E-state index >= 15 is 0 Å². The Hall–Kier alpha value is -2.93. The SMILES string of the molecule is COc1cc(/C=C2\SC(=O)N(Cc3ccccc3C)C2=O)ccc1OCc1ccc(Cl)cc1Cl. The van der Waals surface area contributed by atoms with Gasteiger partial charge in [-0.2, -0.15) is 0 Å². The van der Waals surface area contributed by atoms with E-state index in [0.29, 0.717) is 26.4 Å². The average molecular weight is 514 g/mol. The van der Waals surface area contributed by atoms with E-state index in [1.807, 2.05) is 31.2 Å². The molecule has 0 atom stereocenters. The fourth-order valence-electron chi connectivity index (χ4n) is 3.43. The number of imide groups is 1. The first-order valence-corrected chi connectivity index (χ1v) is 12.0. The third-order valence-corrected chi connectivity index (χ3v) is 6.84. The zero-order valence-corrected chi connectivity index (χ0v) is 20.8. The number of thioether (sulfide) groups is 1. The number of aryl methyl sites for hydroxylation is 1. The number of hydrogen-bond acceptors (Lipinski definition) is 5. The highest BCUT2D eigenvalue weighted by atomic mass is 35.5. The van der Waals surface area contributed by atoms with Gasteiger partial charge in [-0.25, -0.2) is 0 Å². The summed E-state index contributed by atoms with van der Waals surface area (Å²) >= 11 is 13.1. The lowest BCUT2D eigenvalue weighted by molar-refractivity contribution is -0.123. The predicted molar refractivity (Wildman–Crippen MR) is 136 cm³/mol. The molecule has 8 heteroatoms. The van der Waals surface area contributed by atoms with Crippen molar-refractivity contribution in [3.8, 4) is 11.5 Å². The fraction of sp³-hybridized carbons (Fsp3) is 0.154. The van der Waals surface area contributed by atoms with Crippen LogP contribution < -0.4 is 9.47 Å². The monoisotopic (exact) mass is 513 g/mol. The van der Waals surface area contributed by atoms with Crippen molar-refractivity contribution in [2.45, 2.75) is 20.1 Å². The molecule has 0 bridgehead atoms. The number of carbonyl (C=O) groups excluding carboxylic acids is 2. The van der Waals surface area contributed by atoms with E-state index in [0.717, 1.165) is 34.0 Å². The first-order chi connectivity index (χ1) is 16.4. The molecule has 4 rings (SSSR count). The van der Waals surface area contributed by atoms with Crippen LogP contribution in [0.4, 0.5) is 4.79 Å². The van der Waals surface area contributed by atoms with Gasteiger partial charge in [-0.1, -0.05) is 59.6 Å². The first kappa shape index (κ1) is 24.2. The minimum absolute atomic E-state index is 0.240. The van der Waals surface area contributed by atoms with Gasteiger partial charge in [0.1, 0.15) is 6.61 Å². The largest absolute Gasteiger partial charge is 0.493 e. The number of ether oxygens (including phenoxy) is 2. The molecule has 0 spiro atoms. The molecule has 3 aromatic rings. The minimum atomic E-state index is -0.310. The van der Waals surface area contributed by atoms with Gasteiger partial charge in [-0.3, -0.25) is 14.5 Å². The molecule has 174 valence electrons. The number of hydrogen-bond donors (Lipinski definition) is 0. The van der Waals surface area contributed by atoms with Crippen molar-refractivity contribution < 1.29 is 19.1 Å². The van der Waals surface area contributed by atoms with Crippen LogP contribution in [0.1, 0.15) is 22.3 Å². The Kier molecular flexibility index (Phi) is 7.51. The average Bonchev–Trinajstić information content (AvgIpc) is 3.07. The Labute approximate surface area is 212 Å². The number of halogens is 2. The van der Waals surface area contributed by atoms with Crippen LogP contribution in [-0.4, -0.2) is 23.2 Å². The van der Waals surface area contributed by atoms with Gasteiger partial charge in [0.05, 0.1) is 18.6 Å². The molecule has 3 aromatic carbocycles. The van der Waals surface area contributed by atoms with Gasteiger partial charge in [-0.15, -0.1) is 0 Å². The smallest absolute Gasteiger partial charge is 0.293 e. The maximum absolute atomic E-state index is 12.9. The molecular weight excluding hydrogens is 493 g/mol. The van der Waals surface area contributed by atoms with Crippen LogP contribution in [0.15, 0.2) is 65.6 Å². The molecule has 34 heavy (non-hydrogen) atoms. The molecule has 0 aromatic heterocycles. The molecule has 0 saturated carbocycles. The lowest BCUT2D eigenvalue weighted by Gasteiger charge is -2.14. The van der Waals surface area contributed by atoms with Crippen LogP contribution in [0.5, 0.6) is 11.5 Å². The lowest BCUT2D eigenvalue weighted by Crippen LogP contribution is -2.27. The number of carbonyl (C=O) groups is 2. The summed E-state index contributed by atoms with van der Waals surface area (Å²) in [4.78, 5) is 27.1. The molecule has 0 N–H and O–H groups in total. The number of amides is 2. The van der Waals surface area contributed by atoms with Gasteiger partial charge in [0.2, 0.25) is 0 Å². The summed E-state index contributed by atoms with van der Waals surface area (Å²) < 4.78 is 11.4. The van der Waals surface area contributed by atoms with E-state index in [-0.39, 0.29) is 24.3 Å². The molecule has 1 aliphatic heterocycles. The first-order valence-electron chi connectivity index (χ1n) is 10.4. The van der Waals surface area contributed by atoms with Gasteiger partial charge in [-0.05, 0) is 65.7 Å². The number of nitrogens with zero attached hydrogens (tertiary/aromatic N) is 1. The van der Waals surface area contributed by atoms with Crippen molar-refractivity contribution in [3.05, 3.63) is 97.9 Å². The van der Waals surface area contributed by atoms with Crippen LogP contribution in [0.3, 0.4) is 0 Å². The van der Waals surface area contributed by atoms with E-state index in [2.05, 4.69) is 0 Å². The molecule has 1 heterocycles. The fourth-order valence-corrected chi connectivity index (χ4v) is 4.73. The van der Waals surface area contributed by atoms with Crippen LogP contribution in [0, 0.1) is 6.92 Å². The van der Waals surface area contributed by atoms with Crippen molar-refractivity contribution >= 4 is 52.2 Å². The predicted octanol–water partition coefficient (Wildman–Crippen LogP) is 7.13. The van der Waals surface area contributed by atoms with Crippen molar-refractivity contribution in [3.63, 3.8) is 0 Å². The van der Waals surface area contributed by atoms with E-state index in [1.54, 1.807) is 42.5 Å². The topological polar surface area (TPSA) is 55.8 Å². The highest BCUT2D eigenvalue weighted by Crippen LogP contribution is 2.36. The maximum atomic E-state index is 12.9. The Bertz CT molecular complexity index is 1290. The quantitative estimate of drug-likeness (QED) is 0.314. The Morgan fingerprint density at radius 1 is 0.971 bits per heavy atom. The number of benzene rings is 3. The molecule has 5 nitrogen and oxygen atoms in total. The van der Waals surface area contributed by atoms with Gasteiger partial charge >= 0.3 is 0 Å². The van der Waals surface area contributed by atoms with Crippen molar-refractivity contribution in [1.29, 1.82) is 0 Å². The molecule has 0 unspecified atom stereocenters. The molecule has 2 amide bonds. The van der Waals surface area contributed by atoms with Crippen molar-refractivity contribution in [2.75, 3.05) is 7.11 Å². The third kappa shape index (κ3) is 5.41. The van der Waals surface area contributed by atoms with Crippen molar-refractivity contribution in [2.24, 2.45) is 0 Å².